The van der Waals surface area contributed by atoms with Crippen LogP contribution < -0.4 is 0 Å². The topological polar surface area (TPSA) is 68.6 Å². The van der Waals surface area contributed by atoms with Crippen LogP contribution in [0.25, 0.3) is 10.9 Å². The lowest BCUT2D eigenvalue weighted by molar-refractivity contribution is 0.0208. The lowest BCUT2D eigenvalue weighted by atomic mass is 9.79. The lowest BCUT2D eigenvalue weighted by Crippen LogP contribution is -2.45. The number of hydrogen-bond acceptors (Lipinski definition) is 4. The molecule has 0 saturated carbocycles. The number of aryl methyl sites for hydroxylation is 1. The van der Waals surface area contributed by atoms with E-state index >= 15 is 0 Å². The molecular weight excluding hydrogens is 436 g/mol. The first-order valence-corrected chi connectivity index (χ1v) is 12.4. The number of rotatable bonds is 4. The van der Waals surface area contributed by atoms with Gasteiger partial charge >= 0.3 is 6.09 Å². The minimum atomic E-state index is -3.78. The second kappa shape index (κ2) is 8.06. The maximum Gasteiger partial charge on any atom is 0.410 e. The average molecular weight is 467 g/mol. The van der Waals surface area contributed by atoms with Gasteiger partial charge in [0.1, 0.15) is 5.60 Å². The molecule has 1 heterocycles. The summed E-state index contributed by atoms with van der Waals surface area (Å²) in [7, 11) is -2.05. The van der Waals surface area contributed by atoms with E-state index in [1.54, 1.807) is 42.4 Å². The summed E-state index contributed by atoms with van der Waals surface area (Å²) < 4.78 is 34.0. The fraction of sp³-hybridized carbons (Fsp3) is 0.346. The van der Waals surface area contributed by atoms with Gasteiger partial charge in [-0.2, -0.15) is 0 Å². The SMILES string of the molecule is C=C[C@H]1c2cccc3c2c(cn3S(=O)(=O)c2ccc(C)cc2)C[C@H]1N(C)C(=O)OC(C)(C)C. The average Bonchev–Trinajstić information content (AvgIpc) is 3.13. The Morgan fingerprint density at radius 3 is 2.45 bits per heavy atom. The molecule has 0 bridgehead atoms. The lowest BCUT2D eigenvalue weighted by Gasteiger charge is -2.37. The molecule has 0 aliphatic heterocycles. The standard InChI is InChI=1S/C26H30N2O4S/c1-7-20-21-9-8-10-22-24(21)18(15-23(20)27(6)25(29)32-26(3,4)5)16-28(22)33(30,31)19-13-11-17(2)12-14-19/h7-14,16,20,23H,1,15H2,2-6H3/t20-,23+/m0/s1. The van der Waals surface area contributed by atoms with E-state index < -0.39 is 21.7 Å². The maximum absolute atomic E-state index is 13.5. The molecule has 2 atom stereocenters. The molecule has 1 amide bonds. The second-order valence-corrected chi connectivity index (χ2v) is 11.4. The maximum atomic E-state index is 13.5. The largest absolute Gasteiger partial charge is 0.444 e. The molecule has 2 aromatic carbocycles. The van der Waals surface area contributed by atoms with Crippen LogP contribution >= 0.6 is 0 Å². The van der Waals surface area contributed by atoms with Gasteiger partial charge in [0.2, 0.25) is 0 Å². The van der Waals surface area contributed by atoms with Gasteiger partial charge in [-0.1, -0.05) is 35.9 Å². The van der Waals surface area contributed by atoms with Crippen LogP contribution in [-0.4, -0.2) is 42.1 Å². The summed E-state index contributed by atoms with van der Waals surface area (Å²) in [5.74, 6) is -0.156. The van der Waals surface area contributed by atoms with Crippen LogP contribution in [0.5, 0.6) is 0 Å². The summed E-state index contributed by atoms with van der Waals surface area (Å²) >= 11 is 0. The summed E-state index contributed by atoms with van der Waals surface area (Å²) in [4.78, 5) is 14.7. The summed E-state index contributed by atoms with van der Waals surface area (Å²) in [5.41, 5.74) is 2.86. The molecule has 1 aliphatic carbocycles. The number of ether oxygens (including phenoxy) is 1. The first-order valence-electron chi connectivity index (χ1n) is 11.0. The zero-order valence-electron chi connectivity index (χ0n) is 19.7. The number of hydrogen-bond donors (Lipinski definition) is 0. The Kier molecular flexibility index (Phi) is 5.65. The molecule has 0 unspecified atom stereocenters. The molecule has 1 aromatic heterocycles. The molecule has 0 saturated heterocycles. The highest BCUT2D eigenvalue weighted by Gasteiger charge is 2.37. The van der Waals surface area contributed by atoms with Gasteiger partial charge in [-0.15, -0.1) is 6.58 Å². The van der Waals surface area contributed by atoms with Gasteiger partial charge in [-0.25, -0.2) is 17.2 Å². The third-order valence-electron chi connectivity index (χ3n) is 6.12. The van der Waals surface area contributed by atoms with Crippen molar-refractivity contribution >= 4 is 27.0 Å². The summed E-state index contributed by atoms with van der Waals surface area (Å²) in [6.07, 6.45) is 3.60. The van der Waals surface area contributed by atoms with E-state index in [0.29, 0.717) is 11.9 Å². The Morgan fingerprint density at radius 2 is 1.85 bits per heavy atom. The molecule has 6 nitrogen and oxygen atoms in total. The smallest absolute Gasteiger partial charge is 0.410 e. The Balaban J connectivity index is 1.81. The number of amides is 1. The zero-order valence-corrected chi connectivity index (χ0v) is 20.5. The summed E-state index contributed by atoms with van der Waals surface area (Å²) in [6.45, 7) is 11.4. The molecule has 33 heavy (non-hydrogen) atoms. The number of carbonyl (C=O) groups is 1. The summed E-state index contributed by atoms with van der Waals surface area (Å²) in [5, 5.41) is 0.909. The Hall–Kier alpha value is -3.06. The number of nitrogens with zero attached hydrogens (tertiary/aromatic N) is 2. The fourth-order valence-corrected chi connectivity index (χ4v) is 5.90. The number of benzene rings is 2. The molecule has 0 radical (unpaired) electrons. The minimum Gasteiger partial charge on any atom is -0.444 e. The predicted molar refractivity (Wildman–Crippen MR) is 130 cm³/mol. The van der Waals surface area contributed by atoms with Crippen LogP contribution in [0, 0.1) is 6.92 Å². The fourth-order valence-electron chi connectivity index (χ4n) is 4.51. The van der Waals surface area contributed by atoms with Crippen molar-refractivity contribution in [2.75, 3.05) is 7.05 Å². The zero-order chi connectivity index (χ0) is 24.1. The van der Waals surface area contributed by atoms with Crippen molar-refractivity contribution in [1.82, 2.24) is 8.87 Å². The van der Waals surface area contributed by atoms with E-state index in [0.717, 1.165) is 22.1 Å². The first-order chi connectivity index (χ1) is 15.4. The van der Waals surface area contributed by atoms with E-state index in [1.807, 2.05) is 52.0 Å². The van der Waals surface area contributed by atoms with Crippen molar-refractivity contribution in [3.05, 3.63) is 78.0 Å². The molecule has 0 N–H and O–H groups in total. The van der Waals surface area contributed by atoms with Crippen LogP contribution in [0.3, 0.4) is 0 Å². The Morgan fingerprint density at radius 1 is 1.18 bits per heavy atom. The second-order valence-electron chi connectivity index (χ2n) is 9.63. The van der Waals surface area contributed by atoms with Gasteiger partial charge in [0, 0.05) is 30.6 Å². The van der Waals surface area contributed by atoms with E-state index in [2.05, 4.69) is 6.58 Å². The third-order valence-corrected chi connectivity index (χ3v) is 7.81. The monoisotopic (exact) mass is 466 g/mol. The molecule has 7 heteroatoms. The number of carbonyl (C=O) groups excluding carboxylic acids is 1. The highest BCUT2D eigenvalue weighted by molar-refractivity contribution is 7.90. The van der Waals surface area contributed by atoms with E-state index in [1.165, 1.54) is 3.97 Å². The van der Waals surface area contributed by atoms with Crippen molar-refractivity contribution in [2.24, 2.45) is 0 Å². The highest BCUT2D eigenvalue weighted by Crippen LogP contribution is 2.41. The molecule has 0 spiro atoms. The van der Waals surface area contributed by atoms with E-state index in [4.69, 9.17) is 4.74 Å². The Bertz CT molecular complexity index is 1330. The van der Waals surface area contributed by atoms with Crippen molar-refractivity contribution in [1.29, 1.82) is 0 Å². The third kappa shape index (κ3) is 4.06. The predicted octanol–water partition coefficient (Wildman–Crippen LogP) is 5.25. The molecule has 0 fully saturated rings. The van der Waals surface area contributed by atoms with Gasteiger partial charge < -0.3 is 9.64 Å². The van der Waals surface area contributed by atoms with Crippen LogP contribution in [0.4, 0.5) is 4.79 Å². The summed E-state index contributed by atoms with van der Waals surface area (Å²) in [6, 6.07) is 12.3. The number of likely N-dealkylation sites (N-methyl/N-ethyl adjacent to an activating group) is 1. The Labute approximate surface area is 195 Å². The molecule has 174 valence electrons. The molecule has 3 aromatic rings. The van der Waals surface area contributed by atoms with Crippen LogP contribution in [-0.2, 0) is 21.2 Å². The van der Waals surface area contributed by atoms with Crippen LogP contribution in [0.2, 0.25) is 0 Å². The van der Waals surface area contributed by atoms with Gasteiger partial charge in [-0.05, 0) is 63.4 Å². The van der Waals surface area contributed by atoms with Gasteiger partial charge in [0.05, 0.1) is 10.4 Å². The van der Waals surface area contributed by atoms with E-state index in [-0.39, 0.29) is 16.9 Å². The minimum absolute atomic E-state index is 0.156. The molecule has 1 aliphatic rings. The van der Waals surface area contributed by atoms with Gasteiger partial charge in [0.25, 0.3) is 10.0 Å². The van der Waals surface area contributed by atoms with Crippen molar-refractivity contribution in [3.8, 4) is 0 Å². The van der Waals surface area contributed by atoms with Crippen molar-refractivity contribution in [2.45, 2.75) is 56.6 Å². The van der Waals surface area contributed by atoms with Gasteiger partial charge in [0.15, 0.2) is 0 Å². The van der Waals surface area contributed by atoms with Crippen molar-refractivity contribution in [3.63, 3.8) is 0 Å². The highest BCUT2D eigenvalue weighted by atomic mass is 32.2. The first kappa shape index (κ1) is 23.1. The van der Waals surface area contributed by atoms with E-state index in [9.17, 15) is 13.2 Å². The molecule has 4 rings (SSSR count). The quantitative estimate of drug-likeness (QED) is 0.493. The molecular formula is C26H30N2O4S. The van der Waals surface area contributed by atoms with Crippen LogP contribution in [0.1, 0.15) is 43.4 Å². The normalized spacial score (nSPS) is 18.2. The van der Waals surface area contributed by atoms with Gasteiger partial charge in [-0.3, -0.25) is 0 Å². The van der Waals surface area contributed by atoms with Crippen LogP contribution in [0.15, 0.2) is 66.2 Å². The number of aromatic nitrogens is 1. The van der Waals surface area contributed by atoms with Crippen molar-refractivity contribution < 1.29 is 17.9 Å².